The molecule has 22 heavy (non-hydrogen) atoms. The molecule has 5 nitrogen and oxygen atoms in total. The van der Waals surface area contributed by atoms with Gasteiger partial charge in [-0.25, -0.2) is 9.50 Å². The van der Waals surface area contributed by atoms with Gasteiger partial charge in [0.2, 0.25) is 0 Å². The Kier molecular flexibility index (Phi) is 4.27. The minimum Gasteiger partial charge on any atom is -0.350 e. The Morgan fingerprint density at radius 1 is 1.18 bits per heavy atom. The van der Waals surface area contributed by atoms with Crippen molar-refractivity contribution in [1.82, 2.24) is 19.9 Å². The zero-order chi connectivity index (χ0) is 15.5. The van der Waals surface area contributed by atoms with E-state index >= 15 is 0 Å². The van der Waals surface area contributed by atoms with Crippen molar-refractivity contribution in [3.8, 4) is 0 Å². The SMILES string of the molecule is O=C(NCCc1ccc(Cl)cc1Cl)c1ccnc2ccnn12. The Hall–Kier alpha value is -2.11. The number of nitrogens with one attached hydrogen (secondary N) is 1. The van der Waals surface area contributed by atoms with Crippen LogP contribution in [0.3, 0.4) is 0 Å². The molecule has 1 N–H and O–H groups in total. The zero-order valence-electron chi connectivity index (χ0n) is 11.5. The first-order valence-electron chi connectivity index (χ1n) is 6.66. The molecule has 0 bridgehead atoms. The molecule has 1 aromatic carbocycles. The van der Waals surface area contributed by atoms with E-state index in [4.69, 9.17) is 23.2 Å². The maximum Gasteiger partial charge on any atom is 0.270 e. The summed E-state index contributed by atoms with van der Waals surface area (Å²) in [6.07, 6.45) is 3.81. The van der Waals surface area contributed by atoms with Crippen LogP contribution in [0.25, 0.3) is 5.65 Å². The third-order valence-electron chi connectivity index (χ3n) is 3.22. The minimum atomic E-state index is -0.207. The number of carbonyl (C=O) groups excluding carboxylic acids is 1. The Morgan fingerprint density at radius 3 is 2.86 bits per heavy atom. The number of hydrogen-bond donors (Lipinski definition) is 1. The summed E-state index contributed by atoms with van der Waals surface area (Å²) in [4.78, 5) is 16.4. The molecule has 0 atom stereocenters. The van der Waals surface area contributed by atoms with Gasteiger partial charge in [-0.3, -0.25) is 4.79 Å². The van der Waals surface area contributed by atoms with E-state index in [9.17, 15) is 4.79 Å². The number of benzene rings is 1. The van der Waals surface area contributed by atoms with E-state index in [0.29, 0.717) is 34.4 Å². The van der Waals surface area contributed by atoms with Crippen LogP contribution in [0.5, 0.6) is 0 Å². The highest BCUT2D eigenvalue weighted by molar-refractivity contribution is 6.35. The predicted octanol–water partition coefficient (Wildman–Crippen LogP) is 3.01. The van der Waals surface area contributed by atoms with Crippen molar-refractivity contribution in [3.63, 3.8) is 0 Å². The third kappa shape index (κ3) is 3.05. The molecule has 0 aliphatic rings. The van der Waals surface area contributed by atoms with Crippen LogP contribution in [0.2, 0.25) is 10.0 Å². The fraction of sp³-hybridized carbons (Fsp3) is 0.133. The van der Waals surface area contributed by atoms with Crippen LogP contribution in [-0.2, 0) is 6.42 Å². The van der Waals surface area contributed by atoms with Gasteiger partial charge in [0.1, 0.15) is 5.69 Å². The Morgan fingerprint density at radius 2 is 2.05 bits per heavy atom. The van der Waals surface area contributed by atoms with Crippen LogP contribution in [-0.4, -0.2) is 27.0 Å². The summed E-state index contributed by atoms with van der Waals surface area (Å²) < 4.78 is 1.50. The predicted molar refractivity (Wildman–Crippen MR) is 85.5 cm³/mol. The number of hydrogen-bond acceptors (Lipinski definition) is 3. The lowest BCUT2D eigenvalue weighted by Gasteiger charge is -2.08. The average Bonchev–Trinajstić information content (AvgIpc) is 2.97. The summed E-state index contributed by atoms with van der Waals surface area (Å²) >= 11 is 12.0. The molecular formula is C15H12Cl2N4O. The van der Waals surface area contributed by atoms with Gasteiger partial charge in [0, 0.05) is 28.9 Å². The second-order valence-corrected chi connectivity index (χ2v) is 5.52. The lowest BCUT2D eigenvalue weighted by atomic mass is 10.1. The van der Waals surface area contributed by atoms with Crippen LogP contribution in [0.4, 0.5) is 0 Å². The summed E-state index contributed by atoms with van der Waals surface area (Å²) in [6.45, 7) is 0.464. The molecule has 1 amide bonds. The van der Waals surface area contributed by atoms with Crippen molar-refractivity contribution >= 4 is 34.8 Å². The molecule has 0 fully saturated rings. The molecule has 0 saturated carbocycles. The normalized spacial score (nSPS) is 10.8. The lowest BCUT2D eigenvalue weighted by Crippen LogP contribution is -2.27. The van der Waals surface area contributed by atoms with Crippen molar-refractivity contribution in [1.29, 1.82) is 0 Å². The first kappa shape index (κ1) is 14.8. The maximum absolute atomic E-state index is 12.2. The largest absolute Gasteiger partial charge is 0.350 e. The van der Waals surface area contributed by atoms with Gasteiger partial charge in [0.15, 0.2) is 5.65 Å². The summed E-state index contributed by atoms with van der Waals surface area (Å²) in [7, 11) is 0. The number of aromatic nitrogens is 3. The molecule has 0 unspecified atom stereocenters. The van der Waals surface area contributed by atoms with Gasteiger partial charge >= 0.3 is 0 Å². The molecule has 0 radical (unpaired) electrons. The number of halogens is 2. The van der Waals surface area contributed by atoms with Gasteiger partial charge in [0.05, 0.1) is 6.20 Å². The van der Waals surface area contributed by atoms with Crippen LogP contribution < -0.4 is 5.32 Å². The van der Waals surface area contributed by atoms with E-state index in [1.54, 1.807) is 36.7 Å². The Bertz CT molecular complexity index is 831. The summed E-state index contributed by atoms with van der Waals surface area (Å²) in [6, 6.07) is 8.70. The number of fused-ring (bicyclic) bond motifs is 1. The molecule has 0 aliphatic heterocycles. The smallest absolute Gasteiger partial charge is 0.270 e. The topological polar surface area (TPSA) is 59.3 Å². The summed E-state index contributed by atoms with van der Waals surface area (Å²) in [5.74, 6) is -0.207. The molecule has 0 aliphatic carbocycles. The van der Waals surface area contributed by atoms with Crippen molar-refractivity contribution in [3.05, 3.63) is 64.0 Å². The van der Waals surface area contributed by atoms with E-state index in [1.165, 1.54) is 4.52 Å². The standard InChI is InChI=1S/C15H12Cl2N4O/c16-11-2-1-10(12(17)9-11)3-6-19-15(22)13-4-7-18-14-5-8-20-21(13)14/h1-2,4-5,7-9H,3,6H2,(H,19,22). The number of nitrogens with zero attached hydrogens (tertiary/aromatic N) is 3. The first-order chi connectivity index (χ1) is 10.6. The van der Waals surface area contributed by atoms with Crippen molar-refractivity contribution in [2.75, 3.05) is 6.54 Å². The van der Waals surface area contributed by atoms with Gasteiger partial charge in [0.25, 0.3) is 5.91 Å². The quantitative estimate of drug-likeness (QED) is 0.797. The molecule has 112 valence electrons. The first-order valence-corrected chi connectivity index (χ1v) is 7.41. The second kappa shape index (κ2) is 6.34. The fourth-order valence-electron chi connectivity index (χ4n) is 2.13. The van der Waals surface area contributed by atoms with Crippen LogP contribution in [0, 0.1) is 0 Å². The highest BCUT2D eigenvalue weighted by atomic mass is 35.5. The fourth-order valence-corrected chi connectivity index (χ4v) is 2.64. The molecule has 2 aromatic heterocycles. The molecular weight excluding hydrogens is 323 g/mol. The lowest BCUT2D eigenvalue weighted by molar-refractivity contribution is 0.0946. The highest BCUT2D eigenvalue weighted by Crippen LogP contribution is 2.21. The van der Waals surface area contributed by atoms with E-state index in [0.717, 1.165) is 5.56 Å². The van der Waals surface area contributed by atoms with Crippen molar-refractivity contribution < 1.29 is 4.79 Å². The molecule has 0 spiro atoms. The van der Waals surface area contributed by atoms with E-state index < -0.39 is 0 Å². The number of rotatable bonds is 4. The van der Waals surface area contributed by atoms with Crippen molar-refractivity contribution in [2.24, 2.45) is 0 Å². The molecule has 7 heteroatoms. The van der Waals surface area contributed by atoms with Gasteiger partial charge in [-0.05, 0) is 30.2 Å². The average molecular weight is 335 g/mol. The highest BCUT2D eigenvalue weighted by Gasteiger charge is 2.11. The zero-order valence-corrected chi connectivity index (χ0v) is 13.0. The Labute approximate surface area is 136 Å². The Balaban J connectivity index is 1.66. The van der Waals surface area contributed by atoms with Gasteiger partial charge < -0.3 is 5.32 Å². The van der Waals surface area contributed by atoms with Crippen LogP contribution in [0.1, 0.15) is 16.1 Å². The van der Waals surface area contributed by atoms with Crippen molar-refractivity contribution in [2.45, 2.75) is 6.42 Å². The number of carbonyl (C=O) groups is 1. The van der Waals surface area contributed by atoms with Gasteiger partial charge in [-0.15, -0.1) is 0 Å². The van der Waals surface area contributed by atoms with Crippen LogP contribution in [0.15, 0.2) is 42.7 Å². The summed E-state index contributed by atoms with van der Waals surface area (Å²) in [5.41, 5.74) is 2.01. The van der Waals surface area contributed by atoms with E-state index in [1.807, 2.05) is 6.07 Å². The maximum atomic E-state index is 12.2. The van der Waals surface area contributed by atoms with E-state index in [2.05, 4.69) is 15.4 Å². The molecule has 3 rings (SSSR count). The molecule has 0 saturated heterocycles. The second-order valence-electron chi connectivity index (χ2n) is 4.67. The molecule has 3 aromatic rings. The molecule has 2 heterocycles. The van der Waals surface area contributed by atoms with E-state index in [-0.39, 0.29) is 5.91 Å². The summed E-state index contributed by atoms with van der Waals surface area (Å²) in [5, 5.41) is 8.13. The van der Waals surface area contributed by atoms with Gasteiger partial charge in [-0.1, -0.05) is 29.3 Å². The third-order valence-corrected chi connectivity index (χ3v) is 3.80. The van der Waals surface area contributed by atoms with Gasteiger partial charge in [-0.2, -0.15) is 5.10 Å². The van der Waals surface area contributed by atoms with Crippen LogP contribution >= 0.6 is 23.2 Å². The minimum absolute atomic E-state index is 0.207. The monoisotopic (exact) mass is 334 g/mol. The number of amides is 1.